The monoisotopic (exact) mass is 435 g/mol. The second-order valence-corrected chi connectivity index (χ2v) is 10.4. The van der Waals surface area contributed by atoms with E-state index in [0.29, 0.717) is 44.0 Å². The molecule has 1 aromatic rings. The largest absolute Gasteiger partial charge is 0.379 e. The van der Waals surface area contributed by atoms with E-state index < -0.39 is 10.0 Å². The molecule has 3 fully saturated rings. The Labute approximate surface area is 170 Å². The van der Waals surface area contributed by atoms with E-state index in [-0.39, 0.29) is 28.6 Å². The van der Waals surface area contributed by atoms with E-state index in [9.17, 15) is 13.2 Å². The second-order valence-electron chi connectivity index (χ2n) is 7.35. The van der Waals surface area contributed by atoms with Crippen LogP contribution in [0.1, 0.15) is 36.0 Å². The third-order valence-corrected chi connectivity index (χ3v) is 9.02. The first kappa shape index (κ1) is 21.0. The van der Waals surface area contributed by atoms with Crippen LogP contribution < -0.4 is 5.32 Å². The van der Waals surface area contributed by atoms with Gasteiger partial charge in [0.2, 0.25) is 0 Å². The van der Waals surface area contributed by atoms with Gasteiger partial charge in [0.15, 0.2) is 0 Å². The summed E-state index contributed by atoms with van der Waals surface area (Å²) in [7, 11) is -1.70. The van der Waals surface area contributed by atoms with Gasteiger partial charge < -0.3 is 15.0 Å². The topological polar surface area (TPSA) is 79.0 Å². The van der Waals surface area contributed by atoms with Crippen LogP contribution in [0.15, 0.2) is 15.7 Å². The Morgan fingerprint density at radius 2 is 1.89 bits per heavy atom. The Kier molecular flexibility index (Phi) is 6.49. The quantitative estimate of drug-likeness (QED) is 0.776. The Balaban J connectivity index is 0.00000210. The maximum absolute atomic E-state index is 12.9. The van der Waals surface area contributed by atoms with Gasteiger partial charge in [0.05, 0.1) is 18.8 Å². The summed E-state index contributed by atoms with van der Waals surface area (Å²) in [5.74, 6) is -0.0871. The summed E-state index contributed by atoms with van der Waals surface area (Å²) >= 11 is 1.13. The fraction of sp³-hybridized carbons (Fsp3) is 0.706. The molecule has 27 heavy (non-hydrogen) atoms. The number of morpholine rings is 1. The van der Waals surface area contributed by atoms with Crippen molar-refractivity contribution >= 4 is 39.7 Å². The van der Waals surface area contributed by atoms with Gasteiger partial charge in [-0.2, -0.15) is 4.31 Å². The average molecular weight is 436 g/mol. The van der Waals surface area contributed by atoms with Crippen molar-refractivity contribution in [3.63, 3.8) is 0 Å². The van der Waals surface area contributed by atoms with Crippen LogP contribution in [0.3, 0.4) is 0 Å². The first-order chi connectivity index (χ1) is 12.4. The van der Waals surface area contributed by atoms with Gasteiger partial charge in [-0.3, -0.25) is 4.79 Å². The van der Waals surface area contributed by atoms with Crippen LogP contribution in [0, 0.1) is 0 Å². The molecule has 2 bridgehead atoms. The molecule has 10 heteroatoms. The fourth-order valence-electron chi connectivity index (χ4n) is 4.19. The Morgan fingerprint density at radius 1 is 1.26 bits per heavy atom. The highest BCUT2D eigenvalue weighted by Crippen LogP contribution is 2.31. The molecule has 0 saturated carbocycles. The number of ether oxygens (including phenoxy) is 1. The lowest BCUT2D eigenvalue weighted by molar-refractivity contribution is 0.0682. The molecule has 1 N–H and O–H groups in total. The molecule has 0 aliphatic carbocycles. The van der Waals surface area contributed by atoms with Crippen LogP contribution >= 0.6 is 23.7 Å². The molecule has 0 aromatic carbocycles. The molecule has 3 saturated heterocycles. The molecule has 3 aliphatic rings. The van der Waals surface area contributed by atoms with E-state index >= 15 is 0 Å². The summed E-state index contributed by atoms with van der Waals surface area (Å²) in [6.07, 6.45) is 4.32. The number of nitrogens with one attached hydrogen (secondary N) is 1. The van der Waals surface area contributed by atoms with Gasteiger partial charge in [-0.25, -0.2) is 8.42 Å². The van der Waals surface area contributed by atoms with Crippen LogP contribution in [0.25, 0.3) is 0 Å². The molecular formula is C17H26ClN3O4S2. The number of hydrogen-bond acceptors (Lipinski definition) is 6. The molecule has 1 aromatic heterocycles. The highest BCUT2D eigenvalue weighted by atomic mass is 35.5. The van der Waals surface area contributed by atoms with E-state index in [1.807, 2.05) is 7.05 Å². The lowest BCUT2D eigenvalue weighted by Crippen LogP contribution is -2.48. The van der Waals surface area contributed by atoms with Crippen molar-refractivity contribution in [2.24, 2.45) is 0 Å². The number of amides is 1. The standard InChI is InChI=1S/C17H25N3O4S2.ClH/c1-19(15-9-13-2-3-14(10-15)18-13)17(21)12-8-16(25-11-12)26(22,23)20-4-6-24-7-5-20;/h8,11,13-15,18H,2-7,9-10H2,1H3;1H. The van der Waals surface area contributed by atoms with Crippen LogP contribution in [-0.2, 0) is 14.8 Å². The molecule has 0 spiro atoms. The van der Waals surface area contributed by atoms with Gasteiger partial charge in [-0.05, 0) is 31.7 Å². The zero-order valence-electron chi connectivity index (χ0n) is 15.3. The lowest BCUT2D eigenvalue weighted by atomic mass is 9.98. The summed E-state index contributed by atoms with van der Waals surface area (Å²) in [6.45, 7) is 1.55. The second kappa shape index (κ2) is 8.34. The smallest absolute Gasteiger partial charge is 0.254 e. The third kappa shape index (κ3) is 4.18. The van der Waals surface area contributed by atoms with Gasteiger partial charge in [0, 0.05) is 43.6 Å². The number of fused-ring (bicyclic) bond motifs is 2. The lowest BCUT2D eigenvalue weighted by Gasteiger charge is -2.35. The number of halogens is 1. The van der Waals surface area contributed by atoms with Crippen molar-refractivity contribution in [1.82, 2.24) is 14.5 Å². The zero-order chi connectivity index (χ0) is 18.3. The molecule has 152 valence electrons. The number of rotatable bonds is 4. The Bertz CT molecular complexity index is 767. The first-order valence-corrected chi connectivity index (χ1v) is 11.5. The van der Waals surface area contributed by atoms with Crippen molar-refractivity contribution < 1.29 is 17.9 Å². The predicted molar refractivity (Wildman–Crippen MR) is 106 cm³/mol. The third-order valence-electron chi connectivity index (χ3n) is 5.70. The SMILES string of the molecule is CN(C(=O)c1csc(S(=O)(=O)N2CCOCC2)c1)C1CC2CCC(C1)N2.Cl. The fourth-order valence-corrected chi connectivity index (χ4v) is 6.91. The van der Waals surface area contributed by atoms with Gasteiger partial charge in [-0.1, -0.05) is 0 Å². The highest BCUT2D eigenvalue weighted by Gasteiger charge is 2.37. The minimum absolute atomic E-state index is 0. The molecule has 3 aliphatic heterocycles. The molecular weight excluding hydrogens is 410 g/mol. The maximum Gasteiger partial charge on any atom is 0.254 e. The molecule has 2 atom stereocenters. The summed E-state index contributed by atoms with van der Waals surface area (Å²) in [6, 6.07) is 2.77. The van der Waals surface area contributed by atoms with Crippen LogP contribution in [0.5, 0.6) is 0 Å². The van der Waals surface area contributed by atoms with E-state index in [1.165, 1.54) is 23.2 Å². The van der Waals surface area contributed by atoms with Gasteiger partial charge >= 0.3 is 0 Å². The van der Waals surface area contributed by atoms with Crippen molar-refractivity contribution in [3.8, 4) is 0 Å². The van der Waals surface area contributed by atoms with E-state index in [2.05, 4.69) is 5.32 Å². The summed E-state index contributed by atoms with van der Waals surface area (Å²) in [4.78, 5) is 14.7. The van der Waals surface area contributed by atoms with E-state index in [0.717, 1.165) is 24.2 Å². The van der Waals surface area contributed by atoms with Crippen LogP contribution in [0.4, 0.5) is 0 Å². The van der Waals surface area contributed by atoms with Crippen molar-refractivity contribution in [2.45, 2.75) is 48.0 Å². The van der Waals surface area contributed by atoms with E-state index in [4.69, 9.17) is 4.74 Å². The minimum Gasteiger partial charge on any atom is -0.379 e. The molecule has 0 radical (unpaired) electrons. The highest BCUT2D eigenvalue weighted by molar-refractivity contribution is 7.91. The molecule has 7 nitrogen and oxygen atoms in total. The van der Waals surface area contributed by atoms with Gasteiger partial charge in [-0.15, -0.1) is 23.7 Å². The van der Waals surface area contributed by atoms with Crippen LogP contribution in [-0.4, -0.2) is 75.0 Å². The van der Waals surface area contributed by atoms with Crippen molar-refractivity contribution in [1.29, 1.82) is 0 Å². The molecule has 4 heterocycles. The average Bonchev–Trinajstić information content (AvgIpc) is 3.28. The predicted octanol–water partition coefficient (Wildman–Crippen LogP) is 1.55. The normalized spacial score (nSPS) is 28.6. The number of nitrogens with zero attached hydrogens (tertiary/aromatic N) is 2. The molecule has 4 rings (SSSR count). The maximum atomic E-state index is 12.9. The number of carbonyl (C=O) groups excluding carboxylic acids is 1. The van der Waals surface area contributed by atoms with Gasteiger partial charge in [0.1, 0.15) is 4.21 Å². The molecule has 2 unspecified atom stereocenters. The number of hydrogen-bond donors (Lipinski definition) is 1. The van der Waals surface area contributed by atoms with E-state index in [1.54, 1.807) is 10.3 Å². The van der Waals surface area contributed by atoms with Gasteiger partial charge in [0.25, 0.3) is 15.9 Å². The summed E-state index contributed by atoms with van der Waals surface area (Å²) in [5, 5.41) is 5.25. The summed E-state index contributed by atoms with van der Waals surface area (Å²) < 4.78 is 32.4. The molecule has 1 amide bonds. The summed E-state index contributed by atoms with van der Waals surface area (Å²) in [5.41, 5.74) is 0.468. The van der Waals surface area contributed by atoms with Crippen molar-refractivity contribution in [3.05, 3.63) is 17.0 Å². The van der Waals surface area contributed by atoms with Crippen molar-refractivity contribution in [2.75, 3.05) is 33.4 Å². The Hall–Kier alpha value is -0.710. The number of carbonyl (C=O) groups is 1. The zero-order valence-corrected chi connectivity index (χ0v) is 17.7. The van der Waals surface area contributed by atoms with Crippen LogP contribution in [0.2, 0.25) is 0 Å². The minimum atomic E-state index is -3.54. The first-order valence-electron chi connectivity index (χ1n) is 9.15. The Morgan fingerprint density at radius 3 is 2.52 bits per heavy atom. The number of sulfonamides is 1. The number of piperidine rings is 1. The number of thiophene rings is 1.